The van der Waals surface area contributed by atoms with Gasteiger partial charge in [0, 0.05) is 31.8 Å². The average molecular weight is 1230 g/mol. The number of fused-ring (bicyclic) bond motifs is 2. The number of ether oxygens (including phenoxy) is 5. The van der Waals surface area contributed by atoms with E-state index in [1.54, 1.807) is 0 Å². The molecule has 0 radical (unpaired) electrons. The first kappa shape index (κ1) is 61.8. The number of carbonyl (C=O) groups excluding carboxylic acids is 1. The van der Waals surface area contributed by atoms with E-state index in [-0.39, 0.29) is 40.7 Å². The van der Waals surface area contributed by atoms with Gasteiger partial charge in [0.05, 0.1) is 45.9 Å². The standard InChI is InChI=1S/C38H55N13O26P4/c1-4-5-6-9-68-38(58)41-10-17-18(72-33(24(17)53)51-16-48(2)23-31(51)46-36(40)47-32(23)56)11-70-79(61,62)76-81(65,66)77-80(63,64)71-13-20-27(28(67-3)35(74-20)50-15-44-22-29(39)42-14-43-30(22)50)75-78(59,60)69-12-19-25(54)26(55)34(73-19)49-8-7-21(52)45-37(49)57/h7-8,14-20,24-28,33-35,53-55H,4-6,9-13H2,1-3H3,(H10-,39,40,41,42,43,45,46,47,52,56,57,58,59,60,61,62,63,64,65,66)/t17-,18-,19-,20-,24-,25-,26-,27-,28-,33-,34-,35-/m1/s1. The molecule has 0 spiro atoms. The van der Waals surface area contributed by atoms with Crippen molar-refractivity contribution in [1.29, 1.82) is 0 Å². The number of nitrogen functional groups attached to an aromatic ring is 2. The van der Waals surface area contributed by atoms with Gasteiger partial charge in [-0.25, -0.2) is 42.8 Å². The molecule has 0 saturated carbocycles. The predicted molar refractivity (Wildman–Crippen MR) is 262 cm³/mol. The number of phosphoric acid groups is 4. The molecule has 16 atom stereocenters. The first-order valence-electron chi connectivity index (χ1n) is 23.9. The van der Waals surface area contributed by atoms with Crippen molar-refractivity contribution >= 4 is 71.5 Å². The molecule has 0 aromatic carbocycles. The SMILES string of the molecule is CCCCCOC(=O)NC[C@H]1[C@@H](O)[C@H]([n+]2cn(C)c3c(=O)[nH]c(N)nc32)O[C@@H]1COP(=O)(O)OP(=O)(O)OP(=O)(O)OC[C@H]1O[C@@H](n2cnc3c(N)ncnc32)[C@H](OC)[C@@H]1OP(=O)([O-])OC[C@H]1O[C@@H](n2ccc(=O)[nH]c2=O)[C@H](O)[C@@H]1O. The third-order valence-corrected chi connectivity index (χ3v) is 17.8. The van der Waals surface area contributed by atoms with E-state index < -0.39 is 154 Å². The highest BCUT2D eigenvalue weighted by Crippen LogP contribution is 2.68. The van der Waals surface area contributed by atoms with Gasteiger partial charge < -0.3 is 84.4 Å². The van der Waals surface area contributed by atoms with Crippen molar-refractivity contribution in [2.45, 2.75) is 93.7 Å². The first-order valence-corrected chi connectivity index (χ1v) is 29.8. The molecule has 1 amide bonds. The zero-order chi connectivity index (χ0) is 58.9. The Morgan fingerprint density at radius 3 is 2.21 bits per heavy atom. The molecule has 8 heterocycles. The third-order valence-electron chi connectivity index (χ3n) is 12.6. The number of hydrogen-bond donors (Lipinski definition) is 11. The summed E-state index contributed by atoms with van der Waals surface area (Å²) in [6.45, 7) is -1.93. The summed E-state index contributed by atoms with van der Waals surface area (Å²) in [7, 11) is -21.4. The fourth-order valence-electron chi connectivity index (χ4n) is 8.89. The Labute approximate surface area is 453 Å². The molecular weight excluding hydrogens is 1180 g/mol. The number of aliphatic hydroxyl groups is 3. The molecule has 8 rings (SSSR count). The minimum atomic E-state index is -6.26. The molecule has 3 aliphatic heterocycles. The molecule has 81 heavy (non-hydrogen) atoms. The summed E-state index contributed by atoms with van der Waals surface area (Å²) in [6.07, 6.45) is -13.0. The van der Waals surface area contributed by atoms with Crippen LogP contribution in [0.5, 0.6) is 0 Å². The summed E-state index contributed by atoms with van der Waals surface area (Å²) in [5.41, 5.74) is 9.09. The van der Waals surface area contributed by atoms with Crippen molar-refractivity contribution in [2.75, 3.05) is 51.5 Å². The Morgan fingerprint density at radius 2 is 1.53 bits per heavy atom. The number of methoxy groups -OCH3 is 1. The minimum Gasteiger partial charge on any atom is -0.756 e. The van der Waals surface area contributed by atoms with Crippen LogP contribution in [-0.4, -0.2) is 169 Å². The van der Waals surface area contributed by atoms with Gasteiger partial charge in [0.2, 0.25) is 11.7 Å². The number of nitrogens with zero attached hydrogens (tertiary/aromatic N) is 8. The number of anilines is 2. The second kappa shape index (κ2) is 24.9. The number of alkyl carbamates (subject to hydrolysis) is 1. The maximum atomic E-state index is 13.5. The Morgan fingerprint density at radius 1 is 0.852 bits per heavy atom. The van der Waals surface area contributed by atoms with Crippen LogP contribution in [0.1, 0.15) is 44.9 Å². The van der Waals surface area contributed by atoms with E-state index in [1.807, 2.05) is 11.9 Å². The smallest absolute Gasteiger partial charge is 0.490 e. The number of phosphoric ester groups is 3. The number of imidazole rings is 2. The van der Waals surface area contributed by atoms with Crippen molar-refractivity contribution in [3.8, 4) is 0 Å². The monoisotopic (exact) mass is 1230 g/mol. The first-order chi connectivity index (χ1) is 38.1. The van der Waals surface area contributed by atoms with Crippen molar-refractivity contribution < 1.29 is 113 Å². The lowest BCUT2D eigenvalue weighted by Gasteiger charge is -2.31. The summed E-state index contributed by atoms with van der Waals surface area (Å²) in [6, 6.07) is 0.911. The lowest BCUT2D eigenvalue weighted by Crippen LogP contribution is -2.46. The summed E-state index contributed by atoms with van der Waals surface area (Å²) in [5, 5.41) is 35.3. The number of amides is 1. The van der Waals surface area contributed by atoms with Gasteiger partial charge in [-0.2, -0.15) is 8.62 Å². The Kier molecular flexibility index (Phi) is 19.0. The van der Waals surface area contributed by atoms with Gasteiger partial charge in [0.25, 0.3) is 24.9 Å². The molecule has 0 bridgehead atoms. The normalized spacial score (nSPS) is 28.9. The number of aryl methyl sites for hydroxylation is 1. The van der Waals surface area contributed by atoms with Crippen LogP contribution in [-0.2, 0) is 75.7 Å². The highest BCUT2D eigenvalue weighted by atomic mass is 31.3. The molecule has 0 aliphatic carbocycles. The molecule has 448 valence electrons. The molecular formula is C38H55N13O26P4. The number of aromatic nitrogens is 10. The maximum Gasteiger partial charge on any atom is 0.490 e. The van der Waals surface area contributed by atoms with E-state index in [1.165, 1.54) is 27.1 Å². The number of hydrogen-bond acceptors (Lipinski definition) is 29. The third kappa shape index (κ3) is 14.2. The average Bonchev–Trinajstić information content (AvgIpc) is 4.12. The Balaban J connectivity index is 0.945. The van der Waals surface area contributed by atoms with Crippen LogP contribution < -0.4 is 43.1 Å². The van der Waals surface area contributed by atoms with Gasteiger partial charge >= 0.3 is 40.9 Å². The zero-order valence-corrected chi connectivity index (χ0v) is 45.9. The highest BCUT2D eigenvalue weighted by Gasteiger charge is 2.53. The molecule has 13 N–H and O–H groups in total. The maximum absolute atomic E-state index is 13.5. The number of aliphatic hydroxyl groups excluding tert-OH is 3. The van der Waals surface area contributed by atoms with Gasteiger partial charge in [-0.05, 0) is 6.42 Å². The second-order valence-electron chi connectivity index (χ2n) is 18.1. The van der Waals surface area contributed by atoms with Crippen LogP contribution >= 0.6 is 31.3 Å². The topological polar surface area (TPSA) is 548 Å². The van der Waals surface area contributed by atoms with Crippen LogP contribution in [0.3, 0.4) is 0 Å². The van der Waals surface area contributed by atoms with Crippen LogP contribution in [0.15, 0.2) is 45.6 Å². The predicted octanol–water partition coefficient (Wildman–Crippen LogP) is -3.34. The molecule has 5 aromatic heterocycles. The molecule has 3 fully saturated rings. The van der Waals surface area contributed by atoms with Crippen molar-refractivity contribution in [3.63, 3.8) is 0 Å². The fourth-order valence-corrected chi connectivity index (χ4v) is 13.4. The van der Waals surface area contributed by atoms with Gasteiger partial charge in [0.15, 0.2) is 30.2 Å². The molecule has 3 saturated heterocycles. The molecule has 39 nitrogen and oxygen atoms in total. The lowest BCUT2D eigenvalue weighted by atomic mass is 9.98. The number of aromatic amines is 2. The van der Waals surface area contributed by atoms with E-state index in [9.17, 15) is 72.3 Å². The number of unbranched alkanes of at least 4 members (excludes halogenated alkanes) is 2. The fraction of sp³-hybridized carbons (Fsp3) is 0.605. The number of H-pyrrole nitrogens is 2. The summed E-state index contributed by atoms with van der Waals surface area (Å²) in [5.74, 6) is -1.66. The van der Waals surface area contributed by atoms with Crippen LogP contribution in [0, 0.1) is 5.92 Å². The quantitative estimate of drug-likeness (QED) is 0.0155. The van der Waals surface area contributed by atoms with E-state index in [0.29, 0.717) is 11.0 Å². The number of nitrogens with one attached hydrogen (secondary N) is 3. The van der Waals surface area contributed by atoms with Crippen molar-refractivity contribution in [2.24, 2.45) is 13.0 Å². The van der Waals surface area contributed by atoms with Gasteiger partial charge in [0.1, 0.15) is 54.6 Å². The van der Waals surface area contributed by atoms with Gasteiger partial charge in [-0.3, -0.25) is 46.9 Å². The van der Waals surface area contributed by atoms with Gasteiger partial charge in [-0.15, -0.1) is 0 Å². The summed E-state index contributed by atoms with van der Waals surface area (Å²) < 4.78 is 115. The summed E-state index contributed by atoms with van der Waals surface area (Å²) >= 11 is 0. The molecule has 3 aliphatic rings. The highest BCUT2D eigenvalue weighted by molar-refractivity contribution is 7.66. The van der Waals surface area contributed by atoms with Crippen LogP contribution in [0.2, 0.25) is 0 Å². The summed E-state index contributed by atoms with van der Waals surface area (Å²) in [4.78, 5) is 115. The van der Waals surface area contributed by atoms with E-state index in [4.69, 9.17) is 53.2 Å². The van der Waals surface area contributed by atoms with Crippen molar-refractivity contribution in [3.05, 3.63) is 62.4 Å². The van der Waals surface area contributed by atoms with Crippen molar-refractivity contribution in [1.82, 2.24) is 48.9 Å². The number of carbonyl (C=O) groups is 1. The Bertz CT molecular complexity index is 3470. The number of rotatable bonds is 25. The molecule has 5 aromatic rings. The Hall–Kier alpha value is -5.31. The molecule has 4 unspecified atom stereocenters. The minimum absolute atomic E-state index is 0.0181. The van der Waals surface area contributed by atoms with Crippen LogP contribution in [0.4, 0.5) is 16.6 Å². The molecule has 43 heteroatoms. The van der Waals surface area contributed by atoms with E-state index in [2.05, 4.69) is 38.9 Å². The lowest BCUT2D eigenvalue weighted by molar-refractivity contribution is -0.745. The number of nitrogens with two attached hydrogens (primary N) is 2. The largest absolute Gasteiger partial charge is 0.756 e. The van der Waals surface area contributed by atoms with Gasteiger partial charge in [-0.1, -0.05) is 24.7 Å². The van der Waals surface area contributed by atoms with E-state index >= 15 is 0 Å². The van der Waals surface area contributed by atoms with Crippen LogP contribution in [0.25, 0.3) is 22.3 Å². The second-order valence-corrected chi connectivity index (χ2v) is 24.1. The zero-order valence-electron chi connectivity index (χ0n) is 42.3. The van der Waals surface area contributed by atoms with E-state index in [0.717, 1.165) is 44.9 Å².